The second-order valence-electron chi connectivity index (χ2n) is 9.60. The maximum atomic E-state index is 13.5. The van der Waals surface area contributed by atoms with Crippen molar-refractivity contribution in [3.63, 3.8) is 0 Å². The van der Waals surface area contributed by atoms with Crippen molar-refractivity contribution in [1.29, 1.82) is 0 Å². The summed E-state index contributed by atoms with van der Waals surface area (Å²) in [5, 5.41) is 8.86. The van der Waals surface area contributed by atoms with E-state index in [4.69, 9.17) is 4.74 Å². The first-order valence-corrected chi connectivity index (χ1v) is 12.5. The summed E-state index contributed by atoms with van der Waals surface area (Å²) in [4.78, 5) is 34.4. The van der Waals surface area contributed by atoms with Gasteiger partial charge >= 0.3 is 6.09 Å². The van der Waals surface area contributed by atoms with Crippen LogP contribution in [0.1, 0.15) is 59.4 Å². The number of aromatic nitrogens is 2. The van der Waals surface area contributed by atoms with Gasteiger partial charge in [-0.3, -0.25) is 9.69 Å². The Kier molecular flexibility index (Phi) is 11.3. The van der Waals surface area contributed by atoms with Crippen molar-refractivity contribution in [1.82, 2.24) is 20.2 Å². The van der Waals surface area contributed by atoms with Crippen LogP contribution in [0.15, 0.2) is 24.4 Å². The number of carbonyl (C=O) groups is 2. The molecule has 0 spiro atoms. The number of likely N-dealkylation sites (N-methyl/N-ethyl adjacent to an activating group) is 1. The average Bonchev–Trinajstić information content (AvgIpc) is 2.85. The average molecular weight is 531 g/mol. The van der Waals surface area contributed by atoms with Crippen molar-refractivity contribution in [2.45, 2.75) is 65.5 Å². The fourth-order valence-electron chi connectivity index (χ4n) is 2.98. The lowest BCUT2D eigenvalue weighted by atomic mass is 10.2. The third-order valence-corrected chi connectivity index (χ3v) is 5.15. The van der Waals surface area contributed by atoms with Crippen molar-refractivity contribution in [2.24, 2.45) is 0 Å². The number of rotatable bonds is 10. The van der Waals surface area contributed by atoms with Gasteiger partial charge in [0.15, 0.2) is 11.6 Å². The van der Waals surface area contributed by atoms with E-state index < -0.39 is 29.4 Å². The number of hydrogen-bond donors (Lipinski definition) is 3. The molecule has 0 radical (unpaired) electrons. The minimum Gasteiger partial charge on any atom is -0.444 e. The molecule has 1 heterocycles. The number of carbonyl (C=O) groups excluding carboxylic acids is 2. The minimum absolute atomic E-state index is 0.216. The van der Waals surface area contributed by atoms with E-state index in [2.05, 4.69) is 37.8 Å². The van der Waals surface area contributed by atoms with Crippen LogP contribution in [0.4, 0.5) is 31.0 Å². The Morgan fingerprint density at radius 1 is 1.18 bits per heavy atom. The largest absolute Gasteiger partial charge is 0.444 e. The Balaban J connectivity index is 1.91. The lowest BCUT2D eigenvalue weighted by Crippen LogP contribution is -2.47. The molecule has 0 unspecified atom stereocenters. The highest BCUT2D eigenvalue weighted by atomic mass is 19.2. The van der Waals surface area contributed by atoms with Crippen molar-refractivity contribution in [3.05, 3.63) is 41.6 Å². The second-order valence-corrected chi connectivity index (χ2v) is 9.60. The Bertz CT molecular complexity index is 1170. The number of benzene rings is 1. The number of hydrogen-bond acceptors (Lipinski definition) is 7. The van der Waals surface area contributed by atoms with Crippen LogP contribution >= 0.6 is 0 Å². The Morgan fingerprint density at radius 3 is 2.58 bits per heavy atom. The van der Waals surface area contributed by atoms with E-state index in [-0.39, 0.29) is 11.9 Å². The molecule has 0 saturated carbocycles. The number of amides is 2. The lowest BCUT2D eigenvalue weighted by Gasteiger charge is -2.28. The first-order chi connectivity index (χ1) is 17.9. The predicted octanol–water partition coefficient (Wildman–Crippen LogP) is 4.82. The third kappa shape index (κ3) is 9.84. The van der Waals surface area contributed by atoms with Crippen LogP contribution in [0.2, 0.25) is 0 Å². The quantitative estimate of drug-likeness (QED) is 0.298. The molecule has 38 heavy (non-hydrogen) atoms. The second kappa shape index (κ2) is 14.1. The molecular formula is C27H36F2N6O3. The van der Waals surface area contributed by atoms with Crippen LogP contribution in [0.25, 0.3) is 0 Å². The van der Waals surface area contributed by atoms with Gasteiger partial charge in [-0.2, -0.15) is 4.98 Å². The van der Waals surface area contributed by atoms with Gasteiger partial charge in [0, 0.05) is 38.3 Å². The standard InChI is InChI=1S/C27H36F2N6O3/c1-7-14-30-23-19(17-32-25(34-23)33-20-12-13-21(28)22(29)16-20)11-9-8-10-15-31-24(36)18(2)35(6)26(37)38-27(3,4)5/h12-13,16-18H,7-8,10,14-15H2,1-6H3,(H,31,36)(H2,30,32,33,34)/t18-/m0/s1. The molecular weight excluding hydrogens is 494 g/mol. The van der Waals surface area contributed by atoms with Crippen LogP contribution in [0.5, 0.6) is 0 Å². The molecule has 3 N–H and O–H groups in total. The summed E-state index contributed by atoms with van der Waals surface area (Å²) < 4.78 is 32.0. The zero-order valence-corrected chi connectivity index (χ0v) is 22.7. The monoisotopic (exact) mass is 530 g/mol. The van der Waals surface area contributed by atoms with Crippen molar-refractivity contribution in [3.8, 4) is 11.8 Å². The topological polar surface area (TPSA) is 108 Å². The number of ether oxygens (including phenoxy) is 1. The molecule has 0 aliphatic rings. The highest BCUT2D eigenvalue weighted by Gasteiger charge is 2.26. The van der Waals surface area contributed by atoms with Crippen LogP contribution in [0.3, 0.4) is 0 Å². The Hall–Kier alpha value is -3.94. The molecule has 2 rings (SSSR count). The first kappa shape index (κ1) is 30.3. The summed E-state index contributed by atoms with van der Waals surface area (Å²) in [6.07, 6.45) is 2.97. The summed E-state index contributed by atoms with van der Waals surface area (Å²) in [6, 6.07) is 2.76. The molecule has 11 heteroatoms. The summed E-state index contributed by atoms with van der Waals surface area (Å²) in [5.74, 6) is 4.64. The zero-order valence-electron chi connectivity index (χ0n) is 22.7. The van der Waals surface area contributed by atoms with E-state index in [0.29, 0.717) is 43.0 Å². The van der Waals surface area contributed by atoms with Gasteiger partial charge in [0.25, 0.3) is 0 Å². The molecule has 206 valence electrons. The summed E-state index contributed by atoms with van der Waals surface area (Å²) in [6.45, 7) is 10.0. The predicted molar refractivity (Wildman–Crippen MR) is 143 cm³/mol. The van der Waals surface area contributed by atoms with Crippen LogP contribution in [-0.2, 0) is 9.53 Å². The highest BCUT2D eigenvalue weighted by Crippen LogP contribution is 2.19. The smallest absolute Gasteiger partial charge is 0.410 e. The zero-order chi connectivity index (χ0) is 28.3. The maximum Gasteiger partial charge on any atom is 0.410 e. The van der Waals surface area contributed by atoms with E-state index in [1.165, 1.54) is 18.0 Å². The van der Waals surface area contributed by atoms with Gasteiger partial charge in [0.1, 0.15) is 17.5 Å². The van der Waals surface area contributed by atoms with E-state index in [1.54, 1.807) is 33.9 Å². The van der Waals surface area contributed by atoms with E-state index in [0.717, 1.165) is 18.6 Å². The molecule has 0 fully saturated rings. The van der Waals surface area contributed by atoms with Crippen molar-refractivity contribution < 1.29 is 23.1 Å². The highest BCUT2D eigenvalue weighted by molar-refractivity contribution is 5.85. The summed E-state index contributed by atoms with van der Waals surface area (Å²) in [5.41, 5.74) is 0.263. The number of anilines is 3. The number of unbranched alkanes of at least 4 members (excludes halogenated alkanes) is 1. The minimum atomic E-state index is -0.970. The van der Waals surface area contributed by atoms with Gasteiger partial charge < -0.3 is 20.7 Å². The van der Waals surface area contributed by atoms with E-state index >= 15 is 0 Å². The molecule has 2 amide bonds. The van der Waals surface area contributed by atoms with Crippen LogP contribution in [0, 0.1) is 23.5 Å². The third-order valence-electron chi connectivity index (χ3n) is 5.15. The fourth-order valence-corrected chi connectivity index (χ4v) is 2.98. The number of nitrogens with zero attached hydrogens (tertiary/aromatic N) is 3. The van der Waals surface area contributed by atoms with Gasteiger partial charge in [-0.05, 0) is 52.7 Å². The van der Waals surface area contributed by atoms with Gasteiger partial charge in [-0.15, -0.1) is 0 Å². The normalized spacial score (nSPS) is 11.6. The molecule has 1 atom stereocenters. The molecule has 1 aromatic heterocycles. The molecule has 0 aliphatic heterocycles. The number of halogens is 2. The lowest BCUT2D eigenvalue weighted by molar-refractivity contribution is -0.125. The van der Waals surface area contributed by atoms with Crippen LogP contribution < -0.4 is 16.0 Å². The maximum absolute atomic E-state index is 13.5. The molecule has 0 aliphatic carbocycles. The fraction of sp³-hybridized carbons (Fsp3) is 0.481. The van der Waals surface area contributed by atoms with Crippen molar-refractivity contribution in [2.75, 3.05) is 30.8 Å². The van der Waals surface area contributed by atoms with Gasteiger partial charge in [0.2, 0.25) is 11.9 Å². The first-order valence-electron chi connectivity index (χ1n) is 12.5. The van der Waals surface area contributed by atoms with Crippen LogP contribution in [-0.4, -0.2) is 58.6 Å². The van der Waals surface area contributed by atoms with E-state index in [9.17, 15) is 18.4 Å². The summed E-state index contributed by atoms with van der Waals surface area (Å²) >= 11 is 0. The van der Waals surface area contributed by atoms with Gasteiger partial charge in [-0.1, -0.05) is 18.8 Å². The van der Waals surface area contributed by atoms with Crippen molar-refractivity contribution >= 4 is 29.5 Å². The molecule has 1 aromatic carbocycles. The summed E-state index contributed by atoms with van der Waals surface area (Å²) in [7, 11) is 1.52. The van der Waals surface area contributed by atoms with E-state index in [1.807, 2.05) is 6.92 Å². The SMILES string of the molecule is CCCNc1nc(Nc2ccc(F)c(F)c2)ncc1C#CCCCNC(=O)[C@H](C)N(C)C(=O)OC(C)(C)C. The molecule has 9 nitrogen and oxygen atoms in total. The van der Waals surface area contributed by atoms with Gasteiger partial charge in [0.05, 0.1) is 11.8 Å². The molecule has 2 aromatic rings. The molecule has 0 bridgehead atoms. The molecule has 0 saturated heterocycles. The Labute approximate surface area is 222 Å². The van der Waals surface area contributed by atoms with Gasteiger partial charge in [-0.25, -0.2) is 18.6 Å². The number of nitrogens with one attached hydrogen (secondary N) is 3. The Morgan fingerprint density at radius 2 is 1.92 bits per heavy atom.